The topological polar surface area (TPSA) is 90.0 Å². The molecule has 0 aliphatic carbocycles. The molecule has 1 heterocycles. The maximum atomic E-state index is 13.4. The van der Waals surface area contributed by atoms with E-state index in [1.165, 1.54) is 6.07 Å². The summed E-state index contributed by atoms with van der Waals surface area (Å²) in [5, 5.41) is 0. The highest BCUT2D eigenvalue weighted by atomic mass is 32.2. The van der Waals surface area contributed by atoms with Crippen molar-refractivity contribution in [3.63, 3.8) is 0 Å². The van der Waals surface area contributed by atoms with Crippen LogP contribution >= 0.6 is 0 Å². The molecule has 8 heteroatoms. The summed E-state index contributed by atoms with van der Waals surface area (Å²) in [5.74, 6) is -0.292. The van der Waals surface area contributed by atoms with E-state index in [0.717, 1.165) is 6.26 Å². The Morgan fingerprint density at radius 2 is 2.22 bits per heavy atom. The van der Waals surface area contributed by atoms with Gasteiger partial charge in [0.2, 0.25) is 16.0 Å². The molecule has 0 aliphatic heterocycles. The van der Waals surface area contributed by atoms with Gasteiger partial charge in [0.25, 0.3) is 0 Å². The molecule has 0 saturated heterocycles. The van der Waals surface area contributed by atoms with E-state index in [1.807, 2.05) is 0 Å². The van der Waals surface area contributed by atoms with Crippen molar-refractivity contribution in [2.45, 2.75) is 6.54 Å². The highest BCUT2D eigenvalue weighted by Gasteiger charge is 2.11. The van der Waals surface area contributed by atoms with Crippen LogP contribution in [-0.2, 0) is 16.6 Å². The van der Waals surface area contributed by atoms with Gasteiger partial charge in [-0.25, -0.2) is 22.5 Å². The standard InChI is InChI=1S/C10H13FN4O2S/c1-18(16,17)13-5-6-15-8-4-2-3-7(11)9(8)14-10(15)12/h2-4,13H,5-6H2,1H3,(H2,12,14). The molecule has 0 amide bonds. The highest BCUT2D eigenvalue weighted by molar-refractivity contribution is 7.88. The fourth-order valence-electron chi connectivity index (χ4n) is 1.71. The molecule has 98 valence electrons. The van der Waals surface area contributed by atoms with Crippen molar-refractivity contribution in [2.24, 2.45) is 0 Å². The predicted molar refractivity (Wildman–Crippen MR) is 66.9 cm³/mol. The molecule has 1 aromatic carbocycles. The lowest BCUT2D eigenvalue weighted by atomic mass is 10.3. The molecule has 0 saturated carbocycles. The van der Waals surface area contributed by atoms with Gasteiger partial charge in [0, 0.05) is 13.1 Å². The van der Waals surface area contributed by atoms with E-state index in [2.05, 4.69) is 9.71 Å². The molecule has 6 nitrogen and oxygen atoms in total. The van der Waals surface area contributed by atoms with Crippen LogP contribution in [0.25, 0.3) is 11.0 Å². The predicted octanol–water partition coefficient (Wildman–Crippen LogP) is 0.307. The SMILES string of the molecule is CS(=O)(=O)NCCn1c(N)nc2c(F)cccc21. The molecular weight excluding hydrogens is 259 g/mol. The summed E-state index contributed by atoms with van der Waals surface area (Å²) in [6, 6.07) is 4.54. The number of sulfonamides is 1. The molecule has 0 fully saturated rings. The third-order valence-electron chi connectivity index (χ3n) is 2.46. The fourth-order valence-corrected chi connectivity index (χ4v) is 2.17. The van der Waals surface area contributed by atoms with E-state index < -0.39 is 15.8 Å². The first kappa shape index (κ1) is 12.8. The molecule has 0 atom stereocenters. The van der Waals surface area contributed by atoms with E-state index >= 15 is 0 Å². The minimum absolute atomic E-state index is 0.158. The van der Waals surface area contributed by atoms with Crippen LogP contribution in [0, 0.1) is 5.82 Å². The quantitative estimate of drug-likeness (QED) is 0.838. The number of anilines is 1. The third-order valence-corrected chi connectivity index (χ3v) is 3.19. The van der Waals surface area contributed by atoms with Crippen LogP contribution < -0.4 is 10.5 Å². The Morgan fingerprint density at radius 3 is 2.89 bits per heavy atom. The van der Waals surface area contributed by atoms with Crippen molar-refractivity contribution in [3.8, 4) is 0 Å². The van der Waals surface area contributed by atoms with Crippen molar-refractivity contribution in [3.05, 3.63) is 24.0 Å². The van der Waals surface area contributed by atoms with Crippen molar-refractivity contribution in [1.29, 1.82) is 0 Å². The molecule has 0 radical (unpaired) electrons. The number of nitrogen functional groups attached to an aromatic ring is 1. The second kappa shape index (κ2) is 4.54. The first-order chi connectivity index (χ1) is 8.38. The van der Waals surface area contributed by atoms with Crippen LogP contribution in [0.2, 0.25) is 0 Å². The minimum atomic E-state index is -3.25. The lowest BCUT2D eigenvalue weighted by Gasteiger charge is -2.06. The van der Waals surface area contributed by atoms with Gasteiger partial charge in [-0.1, -0.05) is 6.07 Å². The summed E-state index contributed by atoms with van der Waals surface area (Å²) in [5.41, 5.74) is 6.41. The summed E-state index contributed by atoms with van der Waals surface area (Å²) in [6.45, 7) is 0.462. The van der Waals surface area contributed by atoms with Crippen LogP contribution in [-0.4, -0.2) is 30.8 Å². The average Bonchev–Trinajstić information content (AvgIpc) is 2.56. The summed E-state index contributed by atoms with van der Waals surface area (Å²) in [6.07, 6.45) is 1.07. The van der Waals surface area contributed by atoms with Gasteiger partial charge >= 0.3 is 0 Å². The van der Waals surface area contributed by atoms with Gasteiger partial charge in [-0.15, -0.1) is 0 Å². The summed E-state index contributed by atoms with van der Waals surface area (Å²) < 4.78 is 39.2. The number of fused-ring (bicyclic) bond motifs is 1. The number of hydrogen-bond donors (Lipinski definition) is 2. The zero-order valence-electron chi connectivity index (χ0n) is 9.72. The number of nitrogens with two attached hydrogens (primary N) is 1. The Bertz CT molecular complexity index is 680. The van der Waals surface area contributed by atoms with Gasteiger partial charge in [-0.2, -0.15) is 0 Å². The monoisotopic (exact) mass is 272 g/mol. The smallest absolute Gasteiger partial charge is 0.208 e. The molecule has 3 N–H and O–H groups in total. The highest BCUT2D eigenvalue weighted by Crippen LogP contribution is 2.19. The minimum Gasteiger partial charge on any atom is -0.369 e. The van der Waals surface area contributed by atoms with Crippen molar-refractivity contribution in [2.75, 3.05) is 18.5 Å². The molecule has 2 aromatic rings. The zero-order chi connectivity index (χ0) is 13.3. The summed E-state index contributed by atoms with van der Waals surface area (Å²) >= 11 is 0. The Morgan fingerprint density at radius 1 is 1.50 bits per heavy atom. The zero-order valence-corrected chi connectivity index (χ0v) is 10.5. The Kier molecular flexibility index (Phi) is 3.22. The van der Waals surface area contributed by atoms with Crippen LogP contribution in [0.5, 0.6) is 0 Å². The van der Waals surface area contributed by atoms with Crippen molar-refractivity contribution >= 4 is 27.0 Å². The maximum Gasteiger partial charge on any atom is 0.208 e. The third kappa shape index (κ3) is 2.59. The molecule has 0 unspecified atom stereocenters. The van der Waals surface area contributed by atoms with E-state index in [0.29, 0.717) is 12.1 Å². The van der Waals surface area contributed by atoms with Gasteiger partial charge in [0.15, 0.2) is 5.82 Å². The second-order valence-corrected chi connectivity index (χ2v) is 5.73. The molecule has 2 rings (SSSR count). The molecule has 0 bridgehead atoms. The number of hydrogen-bond acceptors (Lipinski definition) is 4. The number of benzene rings is 1. The average molecular weight is 272 g/mol. The van der Waals surface area contributed by atoms with Crippen LogP contribution in [0.1, 0.15) is 0 Å². The number of nitrogens with zero attached hydrogens (tertiary/aromatic N) is 2. The van der Waals surface area contributed by atoms with Crippen molar-refractivity contribution in [1.82, 2.24) is 14.3 Å². The number of nitrogens with one attached hydrogen (secondary N) is 1. The van der Waals surface area contributed by atoms with Gasteiger partial charge < -0.3 is 10.3 Å². The van der Waals surface area contributed by atoms with Gasteiger partial charge in [0.1, 0.15) is 5.52 Å². The van der Waals surface area contributed by atoms with Crippen LogP contribution in [0.3, 0.4) is 0 Å². The maximum absolute atomic E-state index is 13.4. The summed E-state index contributed by atoms with van der Waals surface area (Å²) in [4.78, 5) is 3.92. The summed E-state index contributed by atoms with van der Waals surface area (Å²) in [7, 11) is -3.25. The lowest BCUT2D eigenvalue weighted by molar-refractivity contribution is 0.581. The van der Waals surface area contributed by atoms with Crippen LogP contribution in [0.15, 0.2) is 18.2 Å². The number of rotatable bonds is 4. The van der Waals surface area contributed by atoms with E-state index in [9.17, 15) is 12.8 Å². The number of para-hydroxylation sites is 1. The molecular formula is C10H13FN4O2S. The van der Waals surface area contributed by atoms with Crippen molar-refractivity contribution < 1.29 is 12.8 Å². The number of halogens is 1. The lowest BCUT2D eigenvalue weighted by Crippen LogP contribution is -2.26. The van der Waals surface area contributed by atoms with E-state index in [4.69, 9.17) is 5.73 Å². The van der Waals surface area contributed by atoms with E-state index in [-0.39, 0.29) is 18.0 Å². The first-order valence-electron chi connectivity index (χ1n) is 5.23. The molecule has 1 aromatic heterocycles. The fraction of sp³-hybridized carbons (Fsp3) is 0.300. The molecule has 0 aliphatic rings. The van der Waals surface area contributed by atoms with Gasteiger partial charge in [-0.3, -0.25) is 0 Å². The normalized spacial score (nSPS) is 12.1. The van der Waals surface area contributed by atoms with Gasteiger partial charge in [0.05, 0.1) is 11.8 Å². The van der Waals surface area contributed by atoms with E-state index in [1.54, 1.807) is 16.7 Å². The second-order valence-electron chi connectivity index (χ2n) is 3.90. The Labute approximate surface area is 104 Å². The molecule has 18 heavy (non-hydrogen) atoms. The molecule has 0 spiro atoms. The number of aromatic nitrogens is 2. The van der Waals surface area contributed by atoms with Crippen LogP contribution in [0.4, 0.5) is 10.3 Å². The largest absolute Gasteiger partial charge is 0.369 e. The first-order valence-corrected chi connectivity index (χ1v) is 7.12. The number of imidazole rings is 1. The van der Waals surface area contributed by atoms with Gasteiger partial charge in [-0.05, 0) is 12.1 Å². The Hall–Kier alpha value is -1.67. The Balaban J connectivity index is 2.28.